The number of anilines is 2. The molecule has 1 aromatic heterocycles. The van der Waals surface area contributed by atoms with Gasteiger partial charge in [0.2, 0.25) is 11.8 Å². The van der Waals surface area contributed by atoms with Crippen molar-refractivity contribution in [3.63, 3.8) is 0 Å². The van der Waals surface area contributed by atoms with E-state index in [-0.39, 0.29) is 18.2 Å². The molecule has 0 aliphatic carbocycles. The quantitative estimate of drug-likeness (QED) is 0.848. The van der Waals surface area contributed by atoms with E-state index in [0.717, 1.165) is 15.7 Å². The Hall–Kier alpha value is -2.17. The second-order valence-corrected chi connectivity index (χ2v) is 7.37. The first-order valence-electron chi connectivity index (χ1n) is 7.34. The monoisotopic (exact) mass is 403 g/mol. The fraction of sp³-hybridized carbons (Fsp3) is 0.235. The summed E-state index contributed by atoms with van der Waals surface area (Å²) in [6.07, 6.45) is 0.175. The lowest BCUT2D eigenvalue weighted by Crippen LogP contribution is -2.28. The molecule has 7 heteroatoms. The maximum absolute atomic E-state index is 12.4. The van der Waals surface area contributed by atoms with E-state index in [1.54, 1.807) is 16.3 Å². The number of thiophene rings is 1. The summed E-state index contributed by atoms with van der Waals surface area (Å²) in [5, 5.41) is 14.1. The molecule has 0 spiro atoms. The minimum atomic E-state index is -0.421. The Morgan fingerprint density at radius 3 is 2.96 bits per heavy atom. The Morgan fingerprint density at radius 1 is 1.46 bits per heavy atom. The van der Waals surface area contributed by atoms with E-state index in [9.17, 15) is 9.59 Å². The smallest absolute Gasteiger partial charge is 0.230 e. The lowest BCUT2D eigenvalue weighted by atomic mass is 10.1. The number of carbonyl (C=O) groups is 2. The van der Waals surface area contributed by atoms with Gasteiger partial charge in [-0.2, -0.15) is 5.26 Å². The van der Waals surface area contributed by atoms with Gasteiger partial charge >= 0.3 is 0 Å². The Morgan fingerprint density at radius 2 is 2.25 bits per heavy atom. The zero-order valence-electron chi connectivity index (χ0n) is 12.9. The minimum Gasteiger partial charge on any atom is -0.316 e. The van der Waals surface area contributed by atoms with Gasteiger partial charge in [-0.3, -0.25) is 9.59 Å². The van der Waals surface area contributed by atoms with Crippen LogP contribution in [0, 0.1) is 24.2 Å². The van der Waals surface area contributed by atoms with E-state index in [1.165, 1.54) is 11.3 Å². The van der Waals surface area contributed by atoms with Gasteiger partial charge in [0.1, 0.15) is 11.1 Å². The number of hydrogen-bond acceptors (Lipinski definition) is 4. The normalized spacial score (nSPS) is 17.0. The first kappa shape index (κ1) is 16.7. The summed E-state index contributed by atoms with van der Waals surface area (Å²) in [5.74, 6) is -0.711. The van der Waals surface area contributed by atoms with Gasteiger partial charge in [0.25, 0.3) is 0 Å². The van der Waals surface area contributed by atoms with Crippen molar-refractivity contribution in [2.45, 2.75) is 13.3 Å². The van der Waals surface area contributed by atoms with Gasteiger partial charge in [0, 0.05) is 23.1 Å². The van der Waals surface area contributed by atoms with Crippen LogP contribution in [0.4, 0.5) is 10.7 Å². The van der Waals surface area contributed by atoms with Crippen LogP contribution in [0.1, 0.15) is 17.5 Å². The summed E-state index contributed by atoms with van der Waals surface area (Å²) >= 11 is 4.75. The molecule has 24 heavy (non-hydrogen) atoms. The molecular formula is C17H14BrN3O2S. The van der Waals surface area contributed by atoms with Crippen LogP contribution in [0.25, 0.3) is 0 Å². The number of amides is 2. The number of rotatable bonds is 3. The third kappa shape index (κ3) is 3.21. The largest absolute Gasteiger partial charge is 0.316 e. The van der Waals surface area contributed by atoms with Gasteiger partial charge in [0.05, 0.1) is 11.5 Å². The minimum absolute atomic E-state index is 0.0661. The van der Waals surface area contributed by atoms with E-state index in [1.807, 2.05) is 31.2 Å². The van der Waals surface area contributed by atoms with Crippen molar-refractivity contribution in [1.29, 1.82) is 5.26 Å². The fourth-order valence-electron chi connectivity index (χ4n) is 2.64. The molecule has 1 aromatic carbocycles. The predicted octanol–water partition coefficient (Wildman–Crippen LogP) is 3.68. The molecule has 0 unspecified atom stereocenters. The van der Waals surface area contributed by atoms with E-state index < -0.39 is 5.92 Å². The lowest BCUT2D eigenvalue weighted by Gasteiger charge is -2.17. The Bertz CT molecular complexity index is 856. The molecule has 0 bridgehead atoms. The third-order valence-electron chi connectivity index (χ3n) is 3.97. The molecule has 5 nitrogen and oxygen atoms in total. The van der Waals surface area contributed by atoms with Crippen LogP contribution in [0.2, 0.25) is 0 Å². The average molecular weight is 404 g/mol. The number of nitrogens with one attached hydrogen (secondary N) is 1. The van der Waals surface area contributed by atoms with Crippen LogP contribution in [0.3, 0.4) is 0 Å². The van der Waals surface area contributed by atoms with Gasteiger partial charge in [-0.1, -0.05) is 15.9 Å². The SMILES string of the molecule is Cc1cc(N2C[C@H](C(=O)Nc3sccc3C#N)CC2=O)ccc1Br. The molecule has 122 valence electrons. The molecule has 2 heterocycles. The summed E-state index contributed by atoms with van der Waals surface area (Å²) in [5.41, 5.74) is 2.27. The van der Waals surface area contributed by atoms with E-state index in [2.05, 4.69) is 21.2 Å². The highest BCUT2D eigenvalue weighted by Gasteiger charge is 2.35. The maximum atomic E-state index is 12.4. The molecular weight excluding hydrogens is 390 g/mol. The average Bonchev–Trinajstić information content (AvgIpc) is 3.16. The zero-order chi connectivity index (χ0) is 17.3. The molecule has 1 aliphatic rings. The molecule has 0 saturated carbocycles. The van der Waals surface area contributed by atoms with Crippen molar-refractivity contribution in [3.8, 4) is 6.07 Å². The molecule has 1 aliphatic heterocycles. The van der Waals surface area contributed by atoms with Gasteiger partial charge < -0.3 is 10.2 Å². The Balaban J connectivity index is 1.73. The summed E-state index contributed by atoms with van der Waals surface area (Å²) < 4.78 is 0.980. The zero-order valence-corrected chi connectivity index (χ0v) is 15.3. The molecule has 2 amide bonds. The van der Waals surface area contributed by atoms with Crippen molar-refractivity contribution >= 4 is 49.8 Å². The molecule has 3 rings (SSSR count). The van der Waals surface area contributed by atoms with E-state index in [0.29, 0.717) is 17.1 Å². The highest BCUT2D eigenvalue weighted by atomic mass is 79.9. The van der Waals surface area contributed by atoms with E-state index >= 15 is 0 Å². The lowest BCUT2D eigenvalue weighted by molar-refractivity contribution is -0.122. The number of carbonyl (C=O) groups excluding carboxylic acids is 2. The van der Waals surface area contributed by atoms with Crippen LogP contribution in [0.15, 0.2) is 34.1 Å². The van der Waals surface area contributed by atoms with Gasteiger partial charge in [-0.15, -0.1) is 11.3 Å². The van der Waals surface area contributed by atoms with E-state index in [4.69, 9.17) is 5.26 Å². The van der Waals surface area contributed by atoms with Crippen LogP contribution in [-0.2, 0) is 9.59 Å². The topological polar surface area (TPSA) is 73.2 Å². The van der Waals surface area contributed by atoms with Crippen molar-refractivity contribution in [2.75, 3.05) is 16.8 Å². The van der Waals surface area contributed by atoms with Gasteiger partial charge in [-0.25, -0.2) is 0 Å². The summed E-state index contributed by atoms with van der Waals surface area (Å²) in [7, 11) is 0. The summed E-state index contributed by atoms with van der Waals surface area (Å²) in [6.45, 7) is 2.30. The highest BCUT2D eigenvalue weighted by Crippen LogP contribution is 2.30. The van der Waals surface area contributed by atoms with Crippen LogP contribution in [0.5, 0.6) is 0 Å². The molecule has 1 N–H and O–H groups in total. The number of nitriles is 1. The second kappa shape index (κ2) is 6.75. The molecule has 1 atom stereocenters. The Kier molecular flexibility index (Phi) is 4.69. The third-order valence-corrected chi connectivity index (χ3v) is 5.69. The predicted molar refractivity (Wildman–Crippen MR) is 97.0 cm³/mol. The fourth-order valence-corrected chi connectivity index (χ4v) is 3.62. The molecule has 1 saturated heterocycles. The van der Waals surface area contributed by atoms with Crippen molar-refractivity contribution in [2.24, 2.45) is 5.92 Å². The van der Waals surface area contributed by atoms with Crippen molar-refractivity contribution < 1.29 is 9.59 Å². The number of aryl methyl sites for hydroxylation is 1. The van der Waals surface area contributed by atoms with Crippen LogP contribution < -0.4 is 10.2 Å². The summed E-state index contributed by atoms with van der Waals surface area (Å²) in [4.78, 5) is 26.4. The Labute approximate surface area is 152 Å². The van der Waals surface area contributed by atoms with Gasteiger partial charge in [-0.05, 0) is 42.1 Å². The first-order valence-corrected chi connectivity index (χ1v) is 9.02. The highest BCUT2D eigenvalue weighted by molar-refractivity contribution is 9.10. The first-order chi connectivity index (χ1) is 11.5. The molecule has 1 fully saturated rings. The van der Waals surface area contributed by atoms with Gasteiger partial charge in [0.15, 0.2) is 0 Å². The van der Waals surface area contributed by atoms with Crippen molar-refractivity contribution in [1.82, 2.24) is 0 Å². The molecule has 0 radical (unpaired) electrons. The van der Waals surface area contributed by atoms with Crippen LogP contribution >= 0.6 is 27.3 Å². The summed E-state index contributed by atoms with van der Waals surface area (Å²) in [6, 6.07) is 9.39. The number of halogens is 1. The standard InChI is InChI=1S/C17H14BrN3O2S/c1-10-6-13(2-3-14(10)18)21-9-12(7-15(21)22)16(23)20-17-11(8-19)4-5-24-17/h2-6,12H,7,9H2,1H3,(H,20,23)/t12-/m1/s1. The number of benzene rings is 1. The number of nitrogens with zero attached hydrogens (tertiary/aromatic N) is 2. The number of hydrogen-bond donors (Lipinski definition) is 1. The maximum Gasteiger partial charge on any atom is 0.230 e. The molecule has 2 aromatic rings. The van der Waals surface area contributed by atoms with Crippen molar-refractivity contribution in [3.05, 3.63) is 45.2 Å². The second-order valence-electron chi connectivity index (χ2n) is 5.60. The van der Waals surface area contributed by atoms with Crippen LogP contribution in [-0.4, -0.2) is 18.4 Å².